The van der Waals surface area contributed by atoms with Crippen LogP contribution in [0.4, 0.5) is 0 Å². The van der Waals surface area contributed by atoms with Gasteiger partial charge in [0.2, 0.25) is 0 Å². The first kappa shape index (κ1) is 14.9. The van der Waals surface area contributed by atoms with E-state index in [0.717, 1.165) is 15.5 Å². The van der Waals surface area contributed by atoms with Crippen LogP contribution in [0.2, 0.25) is 5.02 Å². The molecule has 1 rings (SSSR count). The summed E-state index contributed by atoms with van der Waals surface area (Å²) in [5.41, 5.74) is 0.443. The summed E-state index contributed by atoms with van der Waals surface area (Å²) in [6, 6.07) is 5.06. The Morgan fingerprint density at radius 1 is 1.44 bits per heavy atom. The first-order chi connectivity index (χ1) is 8.45. The molecule has 0 aromatic heterocycles. The van der Waals surface area contributed by atoms with Gasteiger partial charge in [0.1, 0.15) is 6.54 Å². The lowest BCUT2D eigenvalue weighted by Crippen LogP contribution is -2.32. The van der Waals surface area contributed by atoms with Crippen molar-refractivity contribution in [1.82, 2.24) is 4.90 Å². The summed E-state index contributed by atoms with van der Waals surface area (Å²) >= 11 is 7.40. The van der Waals surface area contributed by atoms with Crippen molar-refractivity contribution < 1.29 is 14.7 Å². The second-order valence-corrected chi connectivity index (χ2v) is 5.37. The van der Waals surface area contributed by atoms with Crippen LogP contribution in [0.1, 0.15) is 17.3 Å². The quantitative estimate of drug-likeness (QED) is 0.846. The van der Waals surface area contributed by atoms with Gasteiger partial charge in [0.25, 0.3) is 5.91 Å². The monoisotopic (exact) mass is 287 g/mol. The third-order valence-electron chi connectivity index (χ3n) is 2.19. The molecule has 0 radical (unpaired) electrons. The van der Waals surface area contributed by atoms with Crippen molar-refractivity contribution in [3.8, 4) is 0 Å². The Hall–Kier alpha value is -1.20. The van der Waals surface area contributed by atoms with Gasteiger partial charge in [0.15, 0.2) is 0 Å². The van der Waals surface area contributed by atoms with Gasteiger partial charge in [-0.2, -0.15) is 0 Å². The lowest BCUT2D eigenvalue weighted by molar-refractivity contribution is -0.137. The van der Waals surface area contributed by atoms with Gasteiger partial charge in [-0.1, -0.05) is 18.5 Å². The zero-order valence-electron chi connectivity index (χ0n) is 10.1. The van der Waals surface area contributed by atoms with Crippen molar-refractivity contribution in [1.29, 1.82) is 0 Å². The van der Waals surface area contributed by atoms with E-state index in [1.165, 1.54) is 18.8 Å². The Morgan fingerprint density at radius 3 is 2.67 bits per heavy atom. The standard InChI is InChI=1S/C12H14ClNO3S/c1-3-18-10-5-4-8(13)6-9(10)12(17)14(2)7-11(15)16/h4-6H,3,7H2,1-2H3,(H,15,16). The van der Waals surface area contributed by atoms with Crippen LogP contribution < -0.4 is 0 Å². The number of likely N-dealkylation sites (N-methyl/N-ethyl adjacent to an activating group) is 1. The number of amides is 1. The minimum absolute atomic E-state index is 0.332. The Morgan fingerprint density at radius 2 is 2.11 bits per heavy atom. The lowest BCUT2D eigenvalue weighted by Gasteiger charge is -2.16. The van der Waals surface area contributed by atoms with E-state index in [0.29, 0.717) is 10.6 Å². The first-order valence-electron chi connectivity index (χ1n) is 5.35. The fraction of sp³-hybridized carbons (Fsp3) is 0.333. The predicted molar refractivity (Wildman–Crippen MR) is 72.4 cm³/mol. The van der Waals surface area contributed by atoms with Crippen LogP contribution in [0.3, 0.4) is 0 Å². The number of carbonyl (C=O) groups is 2. The third kappa shape index (κ3) is 3.92. The highest BCUT2D eigenvalue weighted by Gasteiger charge is 2.18. The molecule has 0 unspecified atom stereocenters. The van der Waals surface area contributed by atoms with Gasteiger partial charge in [-0.25, -0.2) is 0 Å². The molecule has 98 valence electrons. The summed E-state index contributed by atoms with van der Waals surface area (Å²) < 4.78 is 0. The van der Waals surface area contributed by atoms with Crippen LogP contribution in [0.25, 0.3) is 0 Å². The number of carboxylic acid groups (broad SMARTS) is 1. The van der Waals surface area contributed by atoms with E-state index in [9.17, 15) is 9.59 Å². The second-order valence-electron chi connectivity index (χ2n) is 3.63. The van der Waals surface area contributed by atoms with Gasteiger partial charge in [0.05, 0.1) is 5.56 Å². The molecule has 1 aromatic carbocycles. The second kappa shape index (κ2) is 6.66. The van der Waals surface area contributed by atoms with Gasteiger partial charge in [-0.15, -0.1) is 11.8 Å². The number of nitrogens with zero attached hydrogens (tertiary/aromatic N) is 1. The van der Waals surface area contributed by atoms with E-state index >= 15 is 0 Å². The number of rotatable bonds is 5. The smallest absolute Gasteiger partial charge is 0.323 e. The summed E-state index contributed by atoms with van der Waals surface area (Å²) in [5, 5.41) is 9.14. The van der Waals surface area contributed by atoms with Crippen molar-refractivity contribution in [2.24, 2.45) is 0 Å². The fourth-order valence-electron chi connectivity index (χ4n) is 1.43. The molecule has 0 heterocycles. The van der Waals surface area contributed by atoms with Gasteiger partial charge in [0, 0.05) is 17.0 Å². The van der Waals surface area contributed by atoms with Gasteiger partial charge in [-0.3, -0.25) is 9.59 Å². The average molecular weight is 288 g/mol. The summed E-state index contributed by atoms with van der Waals surface area (Å²) in [4.78, 5) is 24.7. The van der Waals surface area contributed by atoms with E-state index in [1.54, 1.807) is 18.2 Å². The maximum absolute atomic E-state index is 12.1. The molecule has 0 aliphatic heterocycles. The van der Waals surface area contributed by atoms with Crippen molar-refractivity contribution in [2.45, 2.75) is 11.8 Å². The van der Waals surface area contributed by atoms with Crippen molar-refractivity contribution in [2.75, 3.05) is 19.3 Å². The molecule has 0 spiro atoms. The molecule has 0 aliphatic carbocycles. The molecule has 1 amide bonds. The van der Waals surface area contributed by atoms with E-state index in [1.807, 2.05) is 6.92 Å². The maximum Gasteiger partial charge on any atom is 0.323 e. The number of carbonyl (C=O) groups excluding carboxylic acids is 1. The largest absolute Gasteiger partial charge is 0.480 e. The van der Waals surface area contributed by atoms with Gasteiger partial charge in [-0.05, 0) is 24.0 Å². The molecule has 6 heteroatoms. The summed E-state index contributed by atoms with van der Waals surface area (Å²) in [6.45, 7) is 1.65. The van der Waals surface area contributed by atoms with Crippen LogP contribution in [0.15, 0.2) is 23.1 Å². The molecule has 0 bridgehead atoms. The highest BCUT2D eigenvalue weighted by molar-refractivity contribution is 7.99. The molecular weight excluding hydrogens is 274 g/mol. The number of benzene rings is 1. The SMILES string of the molecule is CCSc1ccc(Cl)cc1C(=O)N(C)CC(=O)O. The molecular formula is C12H14ClNO3S. The van der Waals surface area contributed by atoms with Gasteiger partial charge < -0.3 is 10.0 Å². The zero-order chi connectivity index (χ0) is 13.7. The van der Waals surface area contributed by atoms with Crippen LogP contribution >= 0.6 is 23.4 Å². The molecule has 0 fully saturated rings. The van der Waals surface area contributed by atoms with E-state index < -0.39 is 5.97 Å². The highest BCUT2D eigenvalue weighted by atomic mass is 35.5. The maximum atomic E-state index is 12.1. The number of hydrogen-bond acceptors (Lipinski definition) is 3. The average Bonchev–Trinajstić information content (AvgIpc) is 2.30. The van der Waals surface area contributed by atoms with Crippen molar-refractivity contribution in [3.05, 3.63) is 28.8 Å². The minimum Gasteiger partial charge on any atom is -0.480 e. The van der Waals surface area contributed by atoms with Crippen LogP contribution in [0, 0.1) is 0 Å². The molecule has 0 saturated carbocycles. The lowest BCUT2D eigenvalue weighted by atomic mass is 10.2. The fourth-order valence-corrected chi connectivity index (χ4v) is 2.38. The van der Waals surface area contributed by atoms with Crippen LogP contribution in [-0.4, -0.2) is 41.2 Å². The summed E-state index contributed by atoms with van der Waals surface area (Å²) in [5.74, 6) is -0.557. The van der Waals surface area contributed by atoms with Crippen LogP contribution in [0.5, 0.6) is 0 Å². The topological polar surface area (TPSA) is 57.6 Å². The summed E-state index contributed by atoms with van der Waals surface area (Å²) in [7, 11) is 1.46. The first-order valence-corrected chi connectivity index (χ1v) is 6.71. The zero-order valence-corrected chi connectivity index (χ0v) is 11.7. The molecule has 0 saturated heterocycles. The van der Waals surface area contributed by atoms with Gasteiger partial charge >= 0.3 is 5.97 Å². The predicted octanol–water partition coefficient (Wildman–Crippen LogP) is 2.61. The Bertz CT molecular complexity index is 465. The van der Waals surface area contributed by atoms with Crippen molar-refractivity contribution >= 4 is 35.2 Å². The number of halogens is 1. The van der Waals surface area contributed by atoms with Crippen molar-refractivity contribution in [3.63, 3.8) is 0 Å². The number of aliphatic carboxylic acids is 1. The molecule has 4 nitrogen and oxygen atoms in total. The number of hydrogen-bond donors (Lipinski definition) is 1. The third-order valence-corrected chi connectivity index (χ3v) is 3.38. The minimum atomic E-state index is -1.04. The molecule has 0 atom stereocenters. The summed E-state index contributed by atoms with van der Waals surface area (Å²) in [6.07, 6.45) is 0. The molecule has 0 aliphatic rings. The van der Waals surface area contributed by atoms with E-state index in [-0.39, 0.29) is 12.5 Å². The molecule has 18 heavy (non-hydrogen) atoms. The Labute approximate surface area is 115 Å². The number of carboxylic acids is 1. The van der Waals surface area contributed by atoms with E-state index in [2.05, 4.69) is 0 Å². The number of thioether (sulfide) groups is 1. The molecule has 1 N–H and O–H groups in total. The van der Waals surface area contributed by atoms with E-state index in [4.69, 9.17) is 16.7 Å². The molecule has 1 aromatic rings. The normalized spacial score (nSPS) is 10.2. The Balaban J connectivity index is 3.02. The van der Waals surface area contributed by atoms with Crippen LogP contribution in [-0.2, 0) is 4.79 Å². The highest BCUT2D eigenvalue weighted by Crippen LogP contribution is 2.26. The Kier molecular flexibility index (Phi) is 5.50.